The molecule has 158 valence electrons. The summed E-state index contributed by atoms with van der Waals surface area (Å²) >= 11 is 0. The summed E-state index contributed by atoms with van der Waals surface area (Å²) in [7, 11) is 0. The van der Waals surface area contributed by atoms with E-state index >= 15 is 0 Å². The van der Waals surface area contributed by atoms with Gasteiger partial charge in [0.1, 0.15) is 12.4 Å². The summed E-state index contributed by atoms with van der Waals surface area (Å²) in [5.74, 6) is 1.20. The number of Topliss-reactive ketones (excluding diaryl/α,β-unsaturated/α-hetero) is 1. The maximum atomic E-state index is 12.9. The number of morpholine rings is 1. The largest absolute Gasteiger partial charge is 0.445 e. The van der Waals surface area contributed by atoms with Gasteiger partial charge >= 0.3 is 6.09 Å². The second-order valence-corrected chi connectivity index (χ2v) is 8.97. The van der Waals surface area contributed by atoms with Crippen molar-refractivity contribution < 1.29 is 19.1 Å². The van der Waals surface area contributed by atoms with Crippen molar-refractivity contribution in [3.05, 3.63) is 35.9 Å². The van der Waals surface area contributed by atoms with Crippen molar-refractivity contribution in [2.75, 3.05) is 13.2 Å². The number of ketones is 1. The van der Waals surface area contributed by atoms with E-state index in [9.17, 15) is 9.59 Å². The molecule has 2 saturated heterocycles. The van der Waals surface area contributed by atoms with Crippen molar-refractivity contribution in [2.45, 2.75) is 76.5 Å². The second-order valence-electron chi connectivity index (χ2n) is 8.97. The van der Waals surface area contributed by atoms with Crippen LogP contribution in [-0.4, -0.2) is 42.1 Å². The Morgan fingerprint density at radius 1 is 1.00 bits per heavy atom. The molecule has 2 aliphatic heterocycles. The van der Waals surface area contributed by atoms with E-state index < -0.39 is 0 Å². The summed E-state index contributed by atoms with van der Waals surface area (Å²) in [5, 5.41) is 0. The number of rotatable bonds is 6. The van der Waals surface area contributed by atoms with E-state index in [1.807, 2.05) is 35.2 Å². The summed E-state index contributed by atoms with van der Waals surface area (Å²) in [6.07, 6.45) is 9.47. The van der Waals surface area contributed by atoms with Crippen LogP contribution in [0.1, 0.15) is 63.4 Å². The minimum absolute atomic E-state index is 0.0468. The van der Waals surface area contributed by atoms with Crippen molar-refractivity contribution >= 4 is 11.9 Å². The highest BCUT2D eigenvalue weighted by atomic mass is 16.6. The molecule has 4 rings (SSSR count). The Morgan fingerprint density at radius 2 is 1.69 bits per heavy atom. The van der Waals surface area contributed by atoms with Crippen LogP contribution in [0.2, 0.25) is 0 Å². The Labute approximate surface area is 173 Å². The van der Waals surface area contributed by atoms with Gasteiger partial charge < -0.3 is 9.47 Å². The van der Waals surface area contributed by atoms with Gasteiger partial charge in [0.2, 0.25) is 0 Å². The minimum Gasteiger partial charge on any atom is -0.445 e. The third-order valence-corrected chi connectivity index (χ3v) is 6.92. The van der Waals surface area contributed by atoms with Crippen LogP contribution >= 0.6 is 0 Å². The maximum absolute atomic E-state index is 12.9. The predicted octanol–water partition coefficient (Wildman–Crippen LogP) is 4.73. The standard InChI is InChI=1S/C24H33NO4/c26-23(12-11-18-7-3-1-4-8-18)20-13-21-16-28-17-22(14-20)25(21)24(27)29-15-19-9-5-2-6-10-19/h2,5-6,9-10,18,20-22H,1,3-4,7-8,11-17H2. The van der Waals surface area contributed by atoms with Crippen LogP contribution in [0.15, 0.2) is 30.3 Å². The number of carbonyl (C=O) groups excluding carboxylic acids is 2. The molecule has 1 saturated carbocycles. The van der Waals surface area contributed by atoms with E-state index in [-0.39, 0.29) is 30.7 Å². The minimum atomic E-state index is -0.278. The van der Waals surface area contributed by atoms with Gasteiger partial charge in [0.15, 0.2) is 0 Å². The Kier molecular flexibility index (Phi) is 6.86. The molecule has 2 bridgehead atoms. The van der Waals surface area contributed by atoms with Crippen molar-refractivity contribution in [2.24, 2.45) is 11.8 Å². The lowest BCUT2D eigenvalue weighted by atomic mass is 9.79. The molecule has 0 spiro atoms. The normalized spacial score (nSPS) is 27.4. The lowest BCUT2D eigenvalue weighted by Crippen LogP contribution is -2.59. The summed E-state index contributed by atoms with van der Waals surface area (Å²) in [4.78, 5) is 27.5. The zero-order valence-electron chi connectivity index (χ0n) is 17.3. The lowest BCUT2D eigenvalue weighted by molar-refractivity contribution is -0.131. The molecular formula is C24H33NO4. The molecular weight excluding hydrogens is 366 g/mol. The highest BCUT2D eigenvalue weighted by Crippen LogP contribution is 2.35. The summed E-state index contributed by atoms with van der Waals surface area (Å²) in [6.45, 7) is 1.28. The third-order valence-electron chi connectivity index (χ3n) is 6.92. The molecule has 3 fully saturated rings. The molecule has 2 heterocycles. The van der Waals surface area contributed by atoms with Gasteiger partial charge in [-0.1, -0.05) is 62.4 Å². The van der Waals surface area contributed by atoms with E-state index in [0.717, 1.165) is 17.9 Å². The molecule has 1 aromatic carbocycles. The van der Waals surface area contributed by atoms with Gasteiger partial charge in [0.25, 0.3) is 0 Å². The molecule has 29 heavy (non-hydrogen) atoms. The molecule has 1 aromatic rings. The van der Waals surface area contributed by atoms with Gasteiger partial charge in [-0.25, -0.2) is 4.79 Å². The van der Waals surface area contributed by atoms with Gasteiger partial charge in [-0.2, -0.15) is 0 Å². The van der Waals surface area contributed by atoms with Crippen molar-refractivity contribution in [3.63, 3.8) is 0 Å². The molecule has 0 aromatic heterocycles. The molecule has 5 heteroatoms. The van der Waals surface area contributed by atoms with Crippen molar-refractivity contribution in [1.29, 1.82) is 0 Å². The average Bonchev–Trinajstić information content (AvgIpc) is 2.76. The molecule has 2 atom stereocenters. The van der Waals surface area contributed by atoms with Crippen LogP contribution in [0.3, 0.4) is 0 Å². The summed E-state index contributed by atoms with van der Waals surface area (Å²) in [5.41, 5.74) is 0.982. The highest BCUT2D eigenvalue weighted by Gasteiger charge is 2.44. The van der Waals surface area contributed by atoms with Crippen LogP contribution in [0.25, 0.3) is 0 Å². The van der Waals surface area contributed by atoms with Crippen LogP contribution in [0.5, 0.6) is 0 Å². The van der Waals surface area contributed by atoms with Crippen LogP contribution in [0, 0.1) is 11.8 Å². The second kappa shape index (κ2) is 9.75. The summed E-state index contributed by atoms with van der Waals surface area (Å²) < 4.78 is 11.3. The Morgan fingerprint density at radius 3 is 2.38 bits per heavy atom. The molecule has 0 N–H and O–H groups in total. The van der Waals surface area contributed by atoms with Crippen LogP contribution < -0.4 is 0 Å². The Hall–Kier alpha value is -1.88. The first-order valence-corrected chi connectivity index (χ1v) is 11.3. The molecule has 1 aliphatic carbocycles. The average molecular weight is 400 g/mol. The van der Waals surface area contributed by atoms with Gasteiger partial charge in [-0.15, -0.1) is 0 Å². The number of carbonyl (C=O) groups is 2. The first kappa shape index (κ1) is 20.4. The summed E-state index contributed by atoms with van der Waals surface area (Å²) in [6, 6.07) is 9.64. The monoisotopic (exact) mass is 399 g/mol. The van der Waals surface area contributed by atoms with E-state index in [1.54, 1.807) is 0 Å². The van der Waals surface area contributed by atoms with Gasteiger partial charge in [0, 0.05) is 12.3 Å². The van der Waals surface area contributed by atoms with Gasteiger partial charge in [-0.05, 0) is 30.7 Å². The first-order valence-electron chi connectivity index (χ1n) is 11.3. The fraction of sp³-hybridized carbons (Fsp3) is 0.667. The Balaban J connectivity index is 1.29. The first-order chi connectivity index (χ1) is 14.2. The molecule has 2 unspecified atom stereocenters. The van der Waals surface area contributed by atoms with Gasteiger partial charge in [0.05, 0.1) is 25.3 Å². The number of benzene rings is 1. The maximum Gasteiger partial charge on any atom is 0.410 e. The van der Waals surface area contributed by atoms with E-state index in [4.69, 9.17) is 9.47 Å². The number of piperidine rings is 1. The van der Waals surface area contributed by atoms with E-state index in [2.05, 4.69) is 0 Å². The van der Waals surface area contributed by atoms with Crippen molar-refractivity contribution in [1.82, 2.24) is 4.90 Å². The van der Waals surface area contributed by atoms with Crippen molar-refractivity contribution in [3.8, 4) is 0 Å². The number of nitrogens with zero attached hydrogens (tertiary/aromatic N) is 1. The quantitative estimate of drug-likeness (QED) is 0.694. The zero-order valence-corrected chi connectivity index (χ0v) is 17.3. The van der Waals surface area contributed by atoms with Gasteiger partial charge in [-0.3, -0.25) is 9.69 Å². The molecule has 5 nitrogen and oxygen atoms in total. The number of hydrogen-bond donors (Lipinski definition) is 0. The predicted molar refractivity (Wildman–Crippen MR) is 110 cm³/mol. The fourth-order valence-corrected chi connectivity index (χ4v) is 5.30. The van der Waals surface area contributed by atoms with Crippen LogP contribution in [0.4, 0.5) is 4.79 Å². The number of amides is 1. The smallest absolute Gasteiger partial charge is 0.410 e. The third kappa shape index (κ3) is 5.19. The van der Waals surface area contributed by atoms with E-state index in [1.165, 1.54) is 32.1 Å². The SMILES string of the molecule is O=C(CCC1CCCCC1)C1CC2COCC(C1)N2C(=O)OCc1ccccc1. The molecule has 1 amide bonds. The molecule has 3 aliphatic rings. The van der Waals surface area contributed by atoms with Crippen LogP contribution in [-0.2, 0) is 20.9 Å². The fourth-order valence-electron chi connectivity index (χ4n) is 5.30. The number of hydrogen-bond acceptors (Lipinski definition) is 4. The molecule has 0 radical (unpaired) electrons. The number of fused-ring (bicyclic) bond motifs is 2. The topological polar surface area (TPSA) is 55.8 Å². The highest BCUT2D eigenvalue weighted by molar-refractivity contribution is 5.81. The Bertz CT molecular complexity index is 671. The number of ether oxygens (including phenoxy) is 2. The zero-order chi connectivity index (χ0) is 20.1. The van der Waals surface area contributed by atoms with E-state index in [0.29, 0.717) is 38.3 Å². The lowest BCUT2D eigenvalue weighted by Gasteiger charge is -2.47.